The number of halogens is 3. The number of hydrogen-bond acceptors (Lipinski definition) is 4. The summed E-state index contributed by atoms with van der Waals surface area (Å²) in [5.74, 6) is -3.45. The molecule has 1 aromatic carbocycles. The van der Waals surface area contributed by atoms with Gasteiger partial charge < -0.3 is 15.3 Å². The molecule has 8 heteroatoms. The molecule has 1 aromatic rings. The number of Topliss-reactive ketones (excluding diaryl/α,β-unsaturated/α-hetero) is 1. The molecule has 0 fully saturated rings. The standard InChI is InChI=1S/C14H17F3O3.C2H4O2/c1-8(18)7-12(19)9(2)10-5-3-4-6-11(10)13(20)14(15,16)17;1-2(3)4/h3-6,8-9,12,18-19H,7H2,1-2H3;1H3,(H,3,4). The number of aliphatic hydroxyl groups excluding tert-OH is 2. The maximum absolute atomic E-state index is 12.5. The molecule has 0 heterocycles. The van der Waals surface area contributed by atoms with Crippen LogP contribution in [0, 0.1) is 0 Å². The summed E-state index contributed by atoms with van der Waals surface area (Å²) in [4.78, 5) is 20.4. The first-order valence-electron chi connectivity index (χ1n) is 7.14. The van der Waals surface area contributed by atoms with Crippen LogP contribution in [0.5, 0.6) is 0 Å². The van der Waals surface area contributed by atoms with Crippen LogP contribution in [-0.4, -0.2) is 45.5 Å². The summed E-state index contributed by atoms with van der Waals surface area (Å²) in [5.41, 5.74) is -0.333. The van der Waals surface area contributed by atoms with Crippen molar-refractivity contribution in [2.75, 3.05) is 0 Å². The highest BCUT2D eigenvalue weighted by Gasteiger charge is 2.41. The fraction of sp³-hybridized carbons (Fsp3) is 0.500. The first-order chi connectivity index (χ1) is 10.9. The van der Waals surface area contributed by atoms with Crippen molar-refractivity contribution in [3.8, 4) is 0 Å². The molecule has 3 atom stereocenters. The molecule has 0 aliphatic carbocycles. The number of carboxylic acid groups (broad SMARTS) is 1. The number of carboxylic acids is 1. The van der Waals surface area contributed by atoms with Crippen molar-refractivity contribution in [2.24, 2.45) is 0 Å². The van der Waals surface area contributed by atoms with E-state index in [0.29, 0.717) is 0 Å². The summed E-state index contributed by atoms with van der Waals surface area (Å²) in [7, 11) is 0. The van der Waals surface area contributed by atoms with E-state index in [9.17, 15) is 28.2 Å². The smallest absolute Gasteiger partial charge is 0.454 e. The molecule has 0 saturated carbocycles. The van der Waals surface area contributed by atoms with Crippen molar-refractivity contribution in [2.45, 2.75) is 51.5 Å². The van der Waals surface area contributed by atoms with Gasteiger partial charge >= 0.3 is 6.18 Å². The number of benzene rings is 1. The summed E-state index contributed by atoms with van der Waals surface area (Å²) in [6, 6.07) is 5.33. The van der Waals surface area contributed by atoms with E-state index in [2.05, 4.69) is 0 Å². The molecule has 0 aliphatic rings. The first kappa shape index (κ1) is 22.1. The quantitative estimate of drug-likeness (QED) is 0.710. The summed E-state index contributed by atoms with van der Waals surface area (Å²) in [6.45, 7) is 4.08. The van der Waals surface area contributed by atoms with Crippen molar-refractivity contribution >= 4 is 11.8 Å². The molecule has 0 amide bonds. The van der Waals surface area contributed by atoms with E-state index < -0.39 is 41.6 Å². The lowest BCUT2D eigenvalue weighted by Crippen LogP contribution is -2.27. The molecular weight excluding hydrogens is 329 g/mol. The Bertz CT molecular complexity index is 551. The zero-order chi connectivity index (χ0) is 19.1. The van der Waals surface area contributed by atoms with Crippen LogP contribution in [0.2, 0.25) is 0 Å². The average molecular weight is 350 g/mol. The molecule has 0 aromatic heterocycles. The lowest BCUT2D eigenvalue weighted by Gasteiger charge is -2.22. The fourth-order valence-corrected chi connectivity index (χ4v) is 2.01. The fourth-order valence-electron chi connectivity index (χ4n) is 2.01. The molecule has 3 N–H and O–H groups in total. The second-order valence-electron chi connectivity index (χ2n) is 5.37. The number of aliphatic carboxylic acids is 1. The lowest BCUT2D eigenvalue weighted by molar-refractivity contribution is -0.134. The Morgan fingerprint density at radius 3 is 2.00 bits per heavy atom. The molecular formula is C16H21F3O5. The van der Waals surface area contributed by atoms with Gasteiger partial charge in [-0.25, -0.2) is 0 Å². The van der Waals surface area contributed by atoms with Crippen LogP contribution >= 0.6 is 0 Å². The summed E-state index contributed by atoms with van der Waals surface area (Å²) < 4.78 is 37.6. The monoisotopic (exact) mass is 350 g/mol. The van der Waals surface area contributed by atoms with Crippen LogP contribution in [0.1, 0.15) is 49.0 Å². The maximum Gasteiger partial charge on any atom is 0.454 e. The molecule has 0 aliphatic heterocycles. The normalized spacial score (nSPS) is 14.8. The van der Waals surface area contributed by atoms with Crippen molar-refractivity contribution < 1.29 is 38.1 Å². The Kier molecular flexibility index (Phi) is 8.63. The van der Waals surface area contributed by atoms with Crippen LogP contribution in [-0.2, 0) is 4.79 Å². The summed E-state index contributed by atoms with van der Waals surface area (Å²) in [6.07, 6.45) is -6.74. The molecule has 0 bridgehead atoms. The highest BCUT2D eigenvalue weighted by atomic mass is 19.4. The lowest BCUT2D eigenvalue weighted by atomic mass is 9.87. The van der Waals surface area contributed by atoms with E-state index in [1.807, 2.05) is 0 Å². The van der Waals surface area contributed by atoms with Gasteiger partial charge in [0, 0.05) is 18.4 Å². The Morgan fingerprint density at radius 2 is 1.58 bits per heavy atom. The molecule has 24 heavy (non-hydrogen) atoms. The van der Waals surface area contributed by atoms with Crippen molar-refractivity contribution in [1.82, 2.24) is 0 Å². The third kappa shape index (κ3) is 7.56. The van der Waals surface area contributed by atoms with Crippen LogP contribution in [0.3, 0.4) is 0 Å². The van der Waals surface area contributed by atoms with E-state index in [4.69, 9.17) is 9.90 Å². The van der Waals surface area contributed by atoms with Gasteiger partial charge in [-0.05, 0) is 18.9 Å². The molecule has 0 radical (unpaired) electrons. The van der Waals surface area contributed by atoms with Gasteiger partial charge in [0.25, 0.3) is 11.8 Å². The van der Waals surface area contributed by atoms with E-state index in [-0.39, 0.29) is 12.0 Å². The van der Waals surface area contributed by atoms with Gasteiger partial charge in [0.2, 0.25) is 0 Å². The number of alkyl halides is 3. The predicted octanol–water partition coefficient (Wildman–Crippen LogP) is 2.76. The number of rotatable bonds is 5. The maximum atomic E-state index is 12.5. The van der Waals surface area contributed by atoms with Gasteiger partial charge in [0.1, 0.15) is 0 Å². The zero-order valence-corrected chi connectivity index (χ0v) is 13.5. The largest absolute Gasteiger partial charge is 0.481 e. The Labute approximate surface area is 137 Å². The second-order valence-corrected chi connectivity index (χ2v) is 5.37. The Morgan fingerprint density at radius 1 is 1.12 bits per heavy atom. The van der Waals surface area contributed by atoms with Gasteiger partial charge in [0.05, 0.1) is 12.2 Å². The van der Waals surface area contributed by atoms with Crippen LogP contribution in [0.25, 0.3) is 0 Å². The van der Waals surface area contributed by atoms with E-state index in [0.717, 1.165) is 13.0 Å². The second kappa shape index (κ2) is 9.39. The number of carbonyl (C=O) groups excluding carboxylic acids is 1. The minimum Gasteiger partial charge on any atom is -0.481 e. The van der Waals surface area contributed by atoms with Gasteiger partial charge in [-0.1, -0.05) is 31.2 Å². The SMILES string of the molecule is CC(=O)O.CC(O)CC(O)C(C)c1ccccc1C(=O)C(F)(F)F. The minimum atomic E-state index is -4.95. The number of aliphatic hydroxyl groups is 2. The summed E-state index contributed by atoms with van der Waals surface area (Å²) in [5, 5.41) is 26.5. The third-order valence-corrected chi connectivity index (χ3v) is 3.11. The number of hydrogen-bond donors (Lipinski definition) is 3. The molecule has 0 spiro atoms. The summed E-state index contributed by atoms with van der Waals surface area (Å²) >= 11 is 0. The van der Waals surface area contributed by atoms with Gasteiger partial charge in [0.15, 0.2) is 0 Å². The highest BCUT2D eigenvalue weighted by Crippen LogP contribution is 2.30. The number of carbonyl (C=O) groups is 2. The van der Waals surface area contributed by atoms with E-state index in [1.165, 1.54) is 32.0 Å². The topological polar surface area (TPSA) is 94.8 Å². The van der Waals surface area contributed by atoms with E-state index >= 15 is 0 Å². The van der Waals surface area contributed by atoms with E-state index in [1.54, 1.807) is 0 Å². The van der Waals surface area contributed by atoms with Crippen LogP contribution < -0.4 is 0 Å². The highest BCUT2D eigenvalue weighted by molar-refractivity contribution is 6.01. The molecule has 5 nitrogen and oxygen atoms in total. The molecule has 1 rings (SSSR count). The van der Waals surface area contributed by atoms with Crippen molar-refractivity contribution in [1.29, 1.82) is 0 Å². The van der Waals surface area contributed by atoms with Crippen LogP contribution in [0.4, 0.5) is 13.2 Å². The average Bonchev–Trinajstić information content (AvgIpc) is 2.43. The molecule has 136 valence electrons. The van der Waals surface area contributed by atoms with Crippen molar-refractivity contribution in [3.05, 3.63) is 35.4 Å². The van der Waals surface area contributed by atoms with Gasteiger partial charge in [-0.2, -0.15) is 13.2 Å². The van der Waals surface area contributed by atoms with Gasteiger partial charge in [-0.15, -0.1) is 0 Å². The number of ketones is 1. The minimum absolute atomic E-state index is 0.0235. The van der Waals surface area contributed by atoms with Crippen LogP contribution in [0.15, 0.2) is 24.3 Å². The Balaban J connectivity index is 0.00000118. The first-order valence-corrected chi connectivity index (χ1v) is 7.14. The third-order valence-electron chi connectivity index (χ3n) is 3.11. The van der Waals surface area contributed by atoms with Crippen molar-refractivity contribution in [3.63, 3.8) is 0 Å². The molecule has 3 unspecified atom stereocenters. The zero-order valence-electron chi connectivity index (χ0n) is 13.5. The molecule has 0 saturated heterocycles. The van der Waals surface area contributed by atoms with Gasteiger partial charge in [-0.3, -0.25) is 9.59 Å². The predicted molar refractivity (Wildman–Crippen MR) is 80.9 cm³/mol. The Hall–Kier alpha value is -1.93.